The number of rotatable bonds is 5. The number of pyridine rings is 1. The molecule has 184 valence electrons. The maximum absolute atomic E-state index is 13.6. The maximum atomic E-state index is 13.6. The van der Waals surface area contributed by atoms with Gasteiger partial charge < -0.3 is 9.84 Å². The Morgan fingerprint density at radius 2 is 2.00 bits per heavy atom. The first-order valence-electron chi connectivity index (χ1n) is 13.3. The zero-order valence-corrected chi connectivity index (χ0v) is 20.5. The number of ketones is 1. The molecule has 34 heavy (non-hydrogen) atoms. The van der Waals surface area contributed by atoms with Crippen LogP contribution in [0.2, 0.25) is 0 Å². The Hall–Kier alpha value is -1.86. The van der Waals surface area contributed by atoms with Crippen LogP contribution < -0.4 is 0 Å². The fourth-order valence-corrected chi connectivity index (χ4v) is 9.09. The third-order valence-corrected chi connectivity index (χ3v) is 10.5. The van der Waals surface area contributed by atoms with Gasteiger partial charge in [0.05, 0.1) is 23.9 Å². The Morgan fingerprint density at radius 3 is 2.85 bits per heavy atom. The van der Waals surface area contributed by atoms with Crippen LogP contribution in [0.3, 0.4) is 0 Å². The van der Waals surface area contributed by atoms with Gasteiger partial charge in [-0.2, -0.15) is 0 Å². The Balaban J connectivity index is 1.17. The van der Waals surface area contributed by atoms with E-state index in [1.54, 1.807) is 24.2 Å². The lowest BCUT2D eigenvalue weighted by Crippen LogP contribution is -2.52. The normalized spacial score (nSPS) is 41.6. The number of nitrogens with zero attached hydrogens (tertiary/aromatic N) is 4. The summed E-state index contributed by atoms with van der Waals surface area (Å²) >= 11 is 0. The van der Waals surface area contributed by atoms with Gasteiger partial charge in [0.2, 0.25) is 0 Å². The van der Waals surface area contributed by atoms with Crippen LogP contribution >= 0.6 is 0 Å². The number of carbonyl (C=O) groups excluding carboxylic acids is 1. The molecule has 2 heterocycles. The number of methoxy groups -OCH3 is 1. The van der Waals surface area contributed by atoms with Crippen molar-refractivity contribution in [2.45, 2.75) is 76.9 Å². The van der Waals surface area contributed by atoms with Crippen molar-refractivity contribution in [1.82, 2.24) is 20.0 Å². The number of fused-ring (bicyclic) bond motifs is 6. The van der Waals surface area contributed by atoms with Gasteiger partial charge in [-0.3, -0.25) is 9.78 Å². The largest absolute Gasteiger partial charge is 0.387 e. The fraction of sp³-hybridized carbons (Fsp3) is 0.778. The first-order valence-corrected chi connectivity index (χ1v) is 13.3. The maximum Gasteiger partial charge on any atom is 0.157 e. The van der Waals surface area contributed by atoms with Crippen molar-refractivity contribution in [2.24, 2.45) is 40.9 Å². The monoisotopic (exact) mass is 466 g/mol. The Labute approximate surface area is 201 Å². The quantitative estimate of drug-likeness (QED) is 0.715. The van der Waals surface area contributed by atoms with Crippen molar-refractivity contribution in [1.29, 1.82) is 0 Å². The number of aromatic nitrogens is 4. The van der Waals surface area contributed by atoms with Crippen LogP contribution in [0.25, 0.3) is 11.0 Å². The van der Waals surface area contributed by atoms with Gasteiger partial charge in [0.25, 0.3) is 0 Å². The molecule has 8 atom stereocenters. The molecular formula is C27H38N4O3. The van der Waals surface area contributed by atoms with Crippen LogP contribution in [-0.4, -0.2) is 50.2 Å². The molecule has 1 N–H and O–H groups in total. The van der Waals surface area contributed by atoms with Crippen LogP contribution in [0.4, 0.5) is 0 Å². The highest BCUT2D eigenvalue weighted by Gasteiger charge is 2.59. The number of aliphatic hydroxyl groups is 1. The molecule has 0 bridgehead atoms. The molecule has 6 rings (SSSR count). The summed E-state index contributed by atoms with van der Waals surface area (Å²) < 4.78 is 7.10. The highest BCUT2D eigenvalue weighted by atomic mass is 16.5. The molecule has 7 heteroatoms. The predicted molar refractivity (Wildman–Crippen MR) is 128 cm³/mol. The molecule has 7 nitrogen and oxygen atoms in total. The van der Waals surface area contributed by atoms with Crippen LogP contribution in [0.5, 0.6) is 0 Å². The predicted octanol–water partition coefficient (Wildman–Crippen LogP) is 4.04. The summed E-state index contributed by atoms with van der Waals surface area (Å²) in [6.45, 7) is 3.19. The minimum atomic E-state index is -0.627. The highest BCUT2D eigenvalue weighted by Crippen LogP contribution is 2.64. The second-order valence-electron chi connectivity index (χ2n) is 12.1. The molecule has 0 aromatic carbocycles. The Kier molecular flexibility index (Phi) is 5.56. The molecule has 0 amide bonds. The van der Waals surface area contributed by atoms with Gasteiger partial charge in [0.1, 0.15) is 12.1 Å². The van der Waals surface area contributed by atoms with Crippen molar-refractivity contribution in [2.75, 3.05) is 13.7 Å². The zero-order valence-electron chi connectivity index (χ0n) is 20.5. The summed E-state index contributed by atoms with van der Waals surface area (Å²) in [5, 5.41) is 19.4. The highest BCUT2D eigenvalue weighted by molar-refractivity contribution is 5.84. The van der Waals surface area contributed by atoms with E-state index in [0.29, 0.717) is 30.8 Å². The number of ether oxygens (including phenoxy) is 1. The zero-order chi connectivity index (χ0) is 23.5. The van der Waals surface area contributed by atoms with Gasteiger partial charge in [-0.05, 0) is 98.9 Å². The first kappa shape index (κ1) is 22.6. The van der Waals surface area contributed by atoms with Gasteiger partial charge in [-0.25, -0.2) is 4.68 Å². The van der Waals surface area contributed by atoms with Gasteiger partial charge in [0.15, 0.2) is 5.78 Å². The van der Waals surface area contributed by atoms with E-state index in [1.165, 1.54) is 25.7 Å². The van der Waals surface area contributed by atoms with E-state index in [0.717, 1.165) is 60.9 Å². The number of carbonyl (C=O) groups is 1. The van der Waals surface area contributed by atoms with Crippen molar-refractivity contribution in [3.05, 3.63) is 18.5 Å². The summed E-state index contributed by atoms with van der Waals surface area (Å²) in [6, 6.07) is 1.89. The lowest BCUT2D eigenvalue weighted by atomic mass is 9.49. The molecule has 0 spiro atoms. The topological polar surface area (TPSA) is 90.1 Å². The van der Waals surface area contributed by atoms with Gasteiger partial charge in [0, 0.05) is 19.2 Å². The van der Waals surface area contributed by atoms with Crippen LogP contribution in [0, 0.1) is 40.9 Å². The van der Waals surface area contributed by atoms with E-state index >= 15 is 0 Å². The van der Waals surface area contributed by atoms with Crippen LogP contribution in [0.1, 0.15) is 64.7 Å². The lowest BCUT2D eigenvalue weighted by Gasteiger charge is -2.57. The molecule has 4 fully saturated rings. The number of Topliss-reactive ketones (excluding diaryl/α,β-unsaturated/α-hetero) is 1. The third kappa shape index (κ3) is 3.53. The summed E-state index contributed by atoms with van der Waals surface area (Å²) in [5.41, 5.74) is 1.11. The summed E-state index contributed by atoms with van der Waals surface area (Å²) in [4.78, 5) is 17.7. The molecule has 2 aromatic heterocycles. The fourth-order valence-electron chi connectivity index (χ4n) is 9.09. The summed E-state index contributed by atoms with van der Waals surface area (Å²) in [6.07, 6.45) is 13.4. The summed E-state index contributed by atoms with van der Waals surface area (Å²) in [7, 11) is 1.70. The molecule has 1 unspecified atom stereocenters. The molecule has 0 aliphatic heterocycles. The molecule has 0 radical (unpaired) electrons. The van der Waals surface area contributed by atoms with E-state index in [2.05, 4.69) is 22.2 Å². The minimum absolute atomic E-state index is 0.106. The average molecular weight is 467 g/mol. The number of hydrogen-bond acceptors (Lipinski definition) is 6. The molecular weight excluding hydrogens is 428 g/mol. The van der Waals surface area contributed by atoms with E-state index in [4.69, 9.17) is 4.74 Å². The van der Waals surface area contributed by atoms with Crippen molar-refractivity contribution >= 4 is 16.8 Å². The Bertz CT molecular complexity index is 1070. The van der Waals surface area contributed by atoms with Crippen molar-refractivity contribution < 1.29 is 14.6 Å². The standard InChI is InChI=1S/C27H38N4O3/c1-26-10-7-19-18-8-11-27(33,16-34-2)13-17(18)3-4-20(19)21(26)5-6-22(26)25(32)15-31-24-9-12-28-14-23(24)29-30-31/h9,12,14,17-22,33H,3-8,10-11,13,15-16H2,1-2H3/t17-,18+,19-,20-,21+,22-,26?,27-/m1/s1. The van der Waals surface area contributed by atoms with Gasteiger partial charge in [-0.15, -0.1) is 5.10 Å². The molecule has 0 saturated heterocycles. The Morgan fingerprint density at radius 1 is 1.15 bits per heavy atom. The molecule has 2 aromatic rings. The summed E-state index contributed by atoms with van der Waals surface area (Å²) in [5.74, 6) is 3.98. The van der Waals surface area contributed by atoms with Crippen molar-refractivity contribution in [3.63, 3.8) is 0 Å². The van der Waals surface area contributed by atoms with E-state index in [9.17, 15) is 9.90 Å². The SMILES string of the molecule is COC[C@@]1(O)CC[C@H]2[C@H](CC[C@@H]3[C@@H]2CCC2(C)[C@@H](C(=O)Cn4nnc5cnccc54)CC[C@@H]32)C1. The van der Waals surface area contributed by atoms with Crippen LogP contribution in [0.15, 0.2) is 18.5 Å². The molecule has 4 aliphatic rings. The number of hydrogen-bond donors (Lipinski definition) is 1. The first-order chi connectivity index (χ1) is 16.4. The van der Waals surface area contributed by atoms with E-state index < -0.39 is 5.60 Å². The second kappa shape index (κ2) is 8.37. The van der Waals surface area contributed by atoms with Crippen molar-refractivity contribution in [3.8, 4) is 0 Å². The smallest absolute Gasteiger partial charge is 0.157 e. The van der Waals surface area contributed by atoms with Crippen LogP contribution in [-0.2, 0) is 16.1 Å². The molecule has 4 aliphatic carbocycles. The van der Waals surface area contributed by atoms with Gasteiger partial charge >= 0.3 is 0 Å². The average Bonchev–Trinajstić information content (AvgIpc) is 3.39. The third-order valence-electron chi connectivity index (χ3n) is 10.5. The van der Waals surface area contributed by atoms with E-state index in [1.807, 2.05) is 6.07 Å². The molecule has 4 saturated carbocycles. The van der Waals surface area contributed by atoms with Gasteiger partial charge in [-0.1, -0.05) is 12.1 Å². The lowest BCUT2D eigenvalue weighted by molar-refractivity contribution is -0.136. The van der Waals surface area contributed by atoms with E-state index in [-0.39, 0.29) is 11.3 Å². The minimum Gasteiger partial charge on any atom is -0.387 e. The second-order valence-corrected chi connectivity index (χ2v) is 12.1.